The second-order valence-electron chi connectivity index (χ2n) is 8.04. The molecule has 6 nitrogen and oxygen atoms in total. The first-order valence-electron chi connectivity index (χ1n) is 11.3. The van der Waals surface area contributed by atoms with Crippen molar-refractivity contribution in [3.05, 3.63) is 89.0 Å². The fraction of sp³-hybridized carbons (Fsp3) is 0.346. The number of nitrogens with zero attached hydrogens (tertiary/aromatic N) is 2. The summed E-state index contributed by atoms with van der Waals surface area (Å²) in [5, 5.41) is 3.14. The number of ether oxygens (including phenoxy) is 1. The smallest absolute Gasteiger partial charge is 0.253 e. The molecule has 0 bridgehead atoms. The standard InChI is InChI=1S/C26H29N3O3/c1-2-22(19-9-4-3-5-10-19)28-26(31)21-17-23(29-15-16-32-18-24(21)29)25(30)13-8-12-20-11-6-7-14-27-20/h3-7,9-11,14,17,22H,2,8,12-13,15-16,18H2,1H3,(H,28,31)/t22-/m1/s1. The Balaban J connectivity index is 1.49. The monoisotopic (exact) mass is 431 g/mol. The molecule has 1 atom stereocenters. The molecule has 0 saturated carbocycles. The minimum Gasteiger partial charge on any atom is -0.373 e. The first-order valence-corrected chi connectivity index (χ1v) is 11.3. The minimum atomic E-state index is -0.164. The number of Topliss-reactive ketones (excluding diaryl/α,β-unsaturated/α-hetero) is 1. The fourth-order valence-corrected chi connectivity index (χ4v) is 4.20. The highest BCUT2D eigenvalue weighted by atomic mass is 16.5. The number of carbonyl (C=O) groups excluding carboxylic acids is 2. The Bertz CT molecular complexity index is 1060. The van der Waals surface area contributed by atoms with Crippen LogP contribution in [0, 0.1) is 0 Å². The summed E-state index contributed by atoms with van der Waals surface area (Å²) in [4.78, 5) is 30.5. The van der Waals surface area contributed by atoms with Gasteiger partial charge in [-0.1, -0.05) is 43.3 Å². The summed E-state index contributed by atoms with van der Waals surface area (Å²) >= 11 is 0. The van der Waals surface area contributed by atoms with Gasteiger partial charge in [0.25, 0.3) is 5.91 Å². The largest absolute Gasteiger partial charge is 0.373 e. The molecule has 4 rings (SSSR count). The molecule has 0 aliphatic carbocycles. The Morgan fingerprint density at radius 2 is 1.97 bits per heavy atom. The van der Waals surface area contributed by atoms with E-state index in [1.165, 1.54) is 0 Å². The summed E-state index contributed by atoms with van der Waals surface area (Å²) in [5.41, 5.74) is 3.97. The zero-order chi connectivity index (χ0) is 22.3. The number of hydrogen-bond donors (Lipinski definition) is 1. The van der Waals surface area contributed by atoms with Crippen LogP contribution in [-0.2, 0) is 24.3 Å². The fourth-order valence-electron chi connectivity index (χ4n) is 4.20. The Labute approximate surface area is 188 Å². The number of benzene rings is 1. The van der Waals surface area contributed by atoms with E-state index in [0.29, 0.717) is 37.4 Å². The van der Waals surface area contributed by atoms with E-state index in [0.717, 1.165) is 36.2 Å². The third kappa shape index (κ3) is 4.97. The molecule has 0 radical (unpaired) electrons. The van der Waals surface area contributed by atoms with Gasteiger partial charge in [-0.25, -0.2) is 0 Å². The number of aromatic nitrogens is 2. The van der Waals surface area contributed by atoms with Crippen LogP contribution in [0.15, 0.2) is 60.8 Å². The molecule has 0 unspecified atom stereocenters. The lowest BCUT2D eigenvalue weighted by atomic mass is 10.0. The molecule has 166 valence electrons. The molecule has 1 aromatic carbocycles. The van der Waals surface area contributed by atoms with Crippen molar-refractivity contribution < 1.29 is 14.3 Å². The summed E-state index contributed by atoms with van der Waals surface area (Å²) in [6.07, 6.45) is 4.45. The zero-order valence-corrected chi connectivity index (χ0v) is 18.4. The summed E-state index contributed by atoms with van der Waals surface area (Å²) in [5.74, 6) is -0.110. The van der Waals surface area contributed by atoms with E-state index in [2.05, 4.69) is 10.3 Å². The van der Waals surface area contributed by atoms with Gasteiger partial charge >= 0.3 is 0 Å². The third-order valence-electron chi connectivity index (χ3n) is 5.92. The number of carbonyl (C=O) groups is 2. The van der Waals surface area contributed by atoms with Crippen LogP contribution in [0.1, 0.15) is 70.0 Å². The van der Waals surface area contributed by atoms with Crippen molar-refractivity contribution in [3.63, 3.8) is 0 Å². The van der Waals surface area contributed by atoms with Gasteiger partial charge in [-0.15, -0.1) is 0 Å². The predicted molar refractivity (Wildman–Crippen MR) is 123 cm³/mol. The number of aryl methyl sites for hydroxylation is 1. The zero-order valence-electron chi connectivity index (χ0n) is 18.4. The lowest BCUT2D eigenvalue weighted by Gasteiger charge is -2.20. The third-order valence-corrected chi connectivity index (χ3v) is 5.92. The molecular formula is C26H29N3O3. The maximum absolute atomic E-state index is 13.2. The number of pyridine rings is 1. The molecule has 0 spiro atoms. The Morgan fingerprint density at radius 3 is 2.72 bits per heavy atom. The van der Waals surface area contributed by atoms with Crippen LogP contribution in [0.4, 0.5) is 0 Å². The van der Waals surface area contributed by atoms with Crippen molar-refractivity contribution in [1.82, 2.24) is 14.9 Å². The normalized spacial score (nSPS) is 13.9. The summed E-state index contributed by atoms with van der Waals surface area (Å²) in [6, 6.07) is 17.4. The van der Waals surface area contributed by atoms with Gasteiger partial charge in [0.15, 0.2) is 5.78 Å². The highest BCUT2D eigenvalue weighted by molar-refractivity contribution is 6.01. The van der Waals surface area contributed by atoms with Crippen LogP contribution in [-0.4, -0.2) is 27.8 Å². The van der Waals surface area contributed by atoms with Gasteiger partial charge in [-0.05, 0) is 43.0 Å². The van der Waals surface area contributed by atoms with E-state index in [9.17, 15) is 9.59 Å². The second-order valence-corrected chi connectivity index (χ2v) is 8.04. The number of hydrogen-bond acceptors (Lipinski definition) is 4. The minimum absolute atomic E-state index is 0.0539. The van der Waals surface area contributed by atoms with E-state index in [4.69, 9.17) is 4.74 Å². The maximum atomic E-state index is 13.2. The van der Waals surface area contributed by atoms with Gasteiger partial charge in [0, 0.05) is 24.9 Å². The molecule has 0 fully saturated rings. The molecule has 3 aromatic rings. The van der Waals surface area contributed by atoms with E-state index in [-0.39, 0.29) is 17.7 Å². The van der Waals surface area contributed by atoms with Gasteiger partial charge in [0.1, 0.15) is 0 Å². The SMILES string of the molecule is CC[C@@H](NC(=O)c1cc(C(=O)CCCc2ccccn2)n2c1COCC2)c1ccccc1. The molecule has 2 aromatic heterocycles. The number of ketones is 1. The predicted octanol–water partition coefficient (Wildman–Crippen LogP) is 4.50. The molecule has 1 amide bonds. The number of nitrogens with one attached hydrogen (secondary N) is 1. The quantitative estimate of drug-likeness (QED) is 0.506. The average molecular weight is 432 g/mol. The molecule has 1 aliphatic heterocycles. The van der Waals surface area contributed by atoms with Crippen LogP contribution in [0.3, 0.4) is 0 Å². The Morgan fingerprint density at radius 1 is 1.16 bits per heavy atom. The maximum Gasteiger partial charge on any atom is 0.253 e. The van der Waals surface area contributed by atoms with E-state index >= 15 is 0 Å². The van der Waals surface area contributed by atoms with Gasteiger partial charge in [-0.2, -0.15) is 0 Å². The van der Waals surface area contributed by atoms with Crippen LogP contribution < -0.4 is 5.32 Å². The second kappa shape index (κ2) is 10.4. The first kappa shape index (κ1) is 22.0. The molecule has 0 saturated heterocycles. The van der Waals surface area contributed by atoms with Crippen molar-refractivity contribution in [2.75, 3.05) is 6.61 Å². The molecule has 1 N–H and O–H groups in total. The lowest BCUT2D eigenvalue weighted by Crippen LogP contribution is -2.29. The van der Waals surface area contributed by atoms with Gasteiger partial charge in [-0.3, -0.25) is 14.6 Å². The number of rotatable bonds is 9. The topological polar surface area (TPSA) is 73.2 Å². The highest BCUT2D eigenvalue weighted by Crippen LogP contribution is 2.24. The summed E-state index contributed by atoms with van der Waals surface area (Å²) < 4.78 is 7.58. The number of fused-ring (bicyclic) bond motifs is 1. The van der Waals surface area contributed by atoms with Crippen molar-refractivity contribution in [2.24, 2.45) is 0 Å². The van der Waals surface area contributed by atoms with Crippen molar-refractivity contribution in [2.45, 2.75) is 51.8 Å². The first-order chi connectivity index (χ1) is 15.7. The van der Waals surface area contributed by atoms with Crippen molar-refractivity contribution >= 4 is 11.7 Å². The average Bonchev–Trinajstić information content (AvgIpc) is 3.23. The van der Waals surface area contributed by atoms with Crippen molar-refractivity contribution in [3.8, 4) is 0 Å². The highest BCUT2D eigenvalue weighted by Gasteiger charge is 2.26. The molecular weight excluding hydrogens is 402 g/mol. The molecule has 3 heterocycles. The summed E-state index contributed by atoms with van der Waals surface area (Å²) in [7, 11) is 0. The van der Waals surface area contributed by atoms with Gasteiger partial charge in [0.2, 0.25) is 0 Å². The number of amides is 1. The van der Waals surface area contributed by atoms with Crippen LogP contribution in [0.2, 0.25) is 0 Å². The van der Waals surface area contributed by atoms with E-state index < -0.39 is 0 Å². The Kier molecular flexibility index (Phi) is 7.12. The van der Waals surface area contributed by atoms with Crippen LogP contribution in [0.5, 0.6) is 0 Å². The van der Waals surface area contributed by atoms with Gasteiger partial charge in [0.05, 0.1) is 36.2 Å². The molecule has 32 heavy (non-hydrogen) atoms. The molecule has 1 aliphatic rings. The van der Waals surface area contributed by atoms with Gasteiger partial charge < -0.3 is 14.6 Å². The van der Waals surface area contributed by atoms with Crippen LogP contribution in [0.25, 0.3) is 0 Å². The Hall–Kier alpha value is -3.25. The van der Waals surface area contributed by atoms with Crippen LogP contribution >= 0.6 is 0 Å². The van der Waals surface area contributed by atoms with Crippen molar-refractivity contribution in [1.29, 1.82) is 0 Å². The van der Waals surface area contributed by atoms with E-state index in [1.54, 1.807) is 12.3 Å². The summed E-state index contributed by atoms with van der Waals surface area (Å²) in [6.45, 7) is 3.51. The molecule has 6 heteroatoms. The van der Waals surface area contributed by atoms with E-state index in [1.807, 2.05) is 60.0 Å². The lowest BCUT2D eigenvalue weighted by molar-refractivity contribution is 0.0781.